The molecule has 34 heavy (non-hydrogen) atoms. The highest BCUT2D eigenvalue weighted by molar-refractivity contribution is 5.77. The van der Waals surface area contributed by atoms with Crippen molar-refractivity contribution in [1.82, 2.24) is 19.9 Å². The number of unbranched alkanes of at least 4 members (excludes halogenated alkanes) is 1. The standard InChI is InChI=1S/C20H14N4.C6H14N2O2/c1-2-14-10-16-5-6-18(23-16)12-20-8-7-19(24-20)11-17-4-3-15(22-17)9-13(1)21-14;7-4-2-1-3-5(8)6(9)10/h1-12,21,24H;5H,1-4,7-8H2,(H,9,10). The molecule has 8 nitrogen and oxygen atoms in total. The van der Waals surface area contributed by atoms with Crippen LogP contribution in [-0.2, 0) is 4.79 Å². The summed E-state index contributed by atoms with van der Waals surface area (Å²) in [5.41, 5.74) is 18.3. The predicted molar refractivity (Wildman–Crippen MR) is 137 cm³/mol. The lowest BCUT2D eigenvalue weighted by molar-refractivity contribution is -0.138. The van der Waals surface area contributed by atoms with Crippen molar-refractivity contribution in [2.24, 2.45) is 11.5 Å². The van der Waals surface area contributed by atoms with E-state index in [4.69, 9.17) is 16.6 Å². The Morgan fingerprint density at radius 1 is 0.765 bits per heavy atom. The largest absolute Gasteiger partial charge is 0.480 e. The van der Waals surface area contributed by atoms with Gasteiger partial charge in [0.1, 0.15) is 6.04 Å². The number of H-pyrrole nitrogens is 2. The first-order valence-electron chi connectivity index (χ1n) is 11.2. The highest BCUT2D eigenvalue weighted by Gasteiger charge is 2.09. The average molecular weight is 457 g/mol. The van der Waals surface area contributed by atoms with Gasteiger partial charge in [-0.1, -0.05) is 6.42 Å². The number of nitrogens with two attached hydrogens (primary N) is 2. The number of fused-ring (bicyclic) bond motifs is 8. The van der Waals surface area contributed by atoms with Crippen LogP contribution in [-0.4, -0.2) is 43.6 Å². The lowest BCUT2D eigenvalue weighted by Gasteiger charge is -2.03. The molecule has 0 saturated carbocycles. The molecule has 0 saturated heterocycles. The molecule has 0 radical (unpaired) electrons. The van der Waals surface area contributed by atoms with Crippen LogP contribution in [0.3, 0.4) is 0 Å². The summed E-state index contributed by atoms with van der Waals surface area (Å²) in [5.74, 6) is -0.933. The van der Waals surface area contributed by atoms with Crippen LogP contribution in [0.25, 0.3) is 46.4 Å². The van der Waals surface area contributed by atoms with Crippen LogP contribution in [0.15, 0.2) is 48.5 Å². The van der Waals surface area contributed by atoms with Crippen molar-refractivity contribution in [3.8, 4) is 0 Å². The van der Waals surface area contributed by atoms with Crippen molar-refractivity contribution in [3.05, 3.63) is 71.3 Å². The first kappa shape index (κ1) is 23.2. The Balaban J connectivity index is 0.000000235. The smallest absolute Gasteiger partial charge is 0.320 e. The topological polar surface area (TPSA) is 147 Å². The molecule has 0 spiro atoms. The van der Waals surface area contributed by atoms with Crippen LogP contribution in [0, 0.1) is 0 Å². The molecule has 2 aliphatic rings. The third-order valence-corrected chi connectivity index (χ3v) is 5.33. The summed E-state index contributed by atoms with van der Waals surface area (Å²) < 4.78 is 0. The summed E-state index contributed by atoms with van der Waals surface area (Å²) in [6.07, 6.45) is 10.3. The Morgan fingerprint density at radius 2 is 1.15 bits per heavy atom. The van der Waals surface area contributed by atoms with Gasteiger partial charge in [0, 0.05) is 22.1 Å². The van der Waals surface area contributed by atoms with Gasteiger partial charge in [0.2, 0.25) is 0 Å². The maximum Gasteiger partial charge on any atom is 0.320 e. The minimum absolute atomic E-state index is 0.520. The molecule has 8 heteroatoms. The summed E-state index contributed by atoms with van der Waals surface area (Å²) in [4.78, 5) is 26.2. The van der Waals surface area contributed by atoms with Crippen molar-refractivity contribution in [2.45, 2.75) is 25.3 Å². The molecule has 0 amide bonds. The second kappa shape index (κ2) is 10.7. The van der Waals surface area contributed by atoms with Gasteiger partial charge in [0.15, 0.2) is 0 Å². The first-order chi connectivity index (χ1) is 16.5. The monoisotopic (exact) mass is 456 g/mol. The van der Waals surface area contributed by atoms with Crippen molar-refractivity contribution in [2.75, 3.05) is 6.54 Å². The third kappa shape index (κ3) is 6.28. The summed E-state index contributed by atoms with van der Waals surface area (Å²) in [6.45, 7) is 0.604. The third-order valence-electron chi connectivity index (χ3n) is 5.33. The number of carboxylic acid groups (broad SMARTS) is 1. The number of aromatic nitrogens is 4. The molecule has 174 valence electrons. The van der Waals surface area contributed by atoms with E-state index in [1.54, 1.807) is 0 Å². The fraction of sp³-hybridized carbons (Fsp3) is 0.192. The number of rotatable bonds is 5. The fourth-order valence-corrected chi connectivity index (χ4v) is 3.58. The number of hydrogen-bond donors (Lipinski definition) is 5. The Labute approximate surface area is 197 Å². The van der Waals surface area contributed by atoms with Gasteiger partial charge in [-0.15, -0.1) is 0 Å². The van der Waals surface area contributed by atoms with Gasteiger partial charge in [-0.3, -0.25) is 4.79 Å². The second-order valence-corrected chi connectivity index (χ2v) is 8.13. The number of nitrogens with one attached hydrogen (secondary N) is 2. The SMILES string of the molecule is C1=Cc2cc3ccc(cc4nc(cc5ccc(cc1n2)[nH]5)C=C4)[nH]3.NCCCCC(N)C(=O)O. The second-order valence-electron chi connectivity index (χ2n) is 8.13. The van der Waals surface area contributed by atoms with Crippen molar-refractivity contribution in [3.63, 3.8) is 0 Å². The molecule has 0 fully saturated rings. The summed E-state index contributed by atoms with van der Waals surface area (Å²) in [5, 5.41) is 8.33. The molecular formula is C26H28N6O2. The van der Waals surface area contributed by atoms with Gasteiger partial charge < -0.3 is 26.5 Å². The normalized spacial score (nSPS) is 12.8. The number of nitrogens with zero attached hydrogens (tertiary/aromatic N) is 2. The summed E-state index contributed by atoms with van der Waals surface area (Å²) in [6, 6.07) is 15.6. The van der Waals surface area contributed by atoms with E-state index in [-0.39, 0.29) is 0 Å². The van der Waals surface area contributed by atoms with Gasteiger partial charge in [-0.25, -0.2) is 9.97 Å². The molecule has 8 bridgehead atoms. The molecule has 1 atom stereocenters. The Kier molecular flexibility index (Phi) is 7.31. The highest BCUT2D eigenvalue weighted by Crippen LogP contribution is 2.16. The van der Waals surface area contributed by atoms with Gasteiger partial charge in [0.25, 0.3) is 0 Å². The lowest BCUT2D eigenvalue weighted by Crippen LogP contribution is -2.29. The van der Waals surface area contributed by atoms with E-state index in [2.05, 4.69) is 44.2 Å². The van der Waals surface area contributed by atoms with E-state index in [1.165, 1.54) is 0 Å². The number of carbonyl (C=O) groups is 1. The summed E-state index contributed by atoms with van der Waals surface area (Å²) in [7, 11) is 0. The Morgan fingerprint density at radius 3 is 1.47 bits per heavy atom. The van der Waals surface area contributed by atoms with Crippen molar-refractivity contribution >= 4 is 52.3 Å². The van der Waals surface area contributed by atoms with E-state index in [1.807, 2.05) is 48.6 Å². The maximum absolute atomic E-state index is 10.1. The van der Waals surface area contributed by atoms with Crippen LogP contribution in [0.5, 0.6) is 0 Å². The zero-order valence-electron chi connectivity index (χ0n) is 18.7. The van der Waals surface area contributed by atoms with Crippen LogP contribution in [0.2, 0.25) is 0 Å². The average Bonchev–Trinajstić information content (AvgIpc) is 3.60. The maximum atomic E-state index is 10.1. The van der Waals surface area contributed by atoms with Crippen LogP contribution in [0.1, 0.15) is 42.0 Å². The van der Waals surface area contributed by atoms with Crippen LogP contribution < -0.4 is 11.5 Å². The van der Waals surface area contributed by atoms with E-state index < -0.39 is 12.0 Å². The van der Waals surface area contributed by atoms with E-state index >= 15 is 0 Å². The minimum atomic E-state index is -0.933. The molecule has 5 rings (SSSR count). The predicted octanol–water partition coefficient (Wildman–Crippen LogP) is 4.18. The van der Waals surface area contributed by atoms with Crippen LogP contribution in [0.4, 0.5) is 0 Å². The minimum Gasteiger partial charge on any atom is -0.480 e. The van der Waals surface area contributed by atoms with Gasteiger partial charge in [0.05, 0.1) is 22.8 Å². The molecule has 3 aromatic heterocycles. The molecule has 2 aliphatic heterocycles. The molecule has 1 unspecified atom stereocenters. The number of aliphatic carboxylic acids is 1. The zero-order chi connectivity index (χ0) is 23.9. The molecule has 0 aromatic carbocycles. The van der Waals surface area contributed by atoms with Gasteiger partial charge in [-0.05, 0) is 92.2 Å². The van der Waals surface area contributed by atoms with E-state index in [0.29, 0.717) is 13.0 Å². The van der Waals surface area contributed by atoms with Crippen molar-refractivity contribution in [1.29, 1.82) is 0 Å². The Hall–Kier alpha value is -4.01. The number of carboxylic acids is 1. The highest BCUT2D eigenvalue weighted by atomic mass is 16.4. The zero-order valence-corrected chi connectivity index (χ0v) is 18.7. The summed E-state index contributed by atoms with van der Waals surface area (Å²) >= 11 is 0. The molecule has 0 aliphatic carbocycles. The van der Waals surface area contributed by atoms with E-state index in [0.717, 1.165) is 57.7 Å². The van der Waals surface area contributed by atoms with E-state index in [9.17, 15) is 4.79 Å². The number of aromatic amines is 2. The lowest BCUT2D eigenvalue weighted by atomic mass is 10.1. The van der Waals surface area contributed by atoms with Crippen LogP contribution >= 0.6 is 0 Å². The molecule has 5 heterocycles. The first-order valence-corrected chi connectivity index (χ1v) is 11.2. The molecule has 3 aromatic rings. The fourth-order valence-electron chi connectivity index (χ4n) is 3.58. The van der Waals surface area contributed by atoms with Gasteiger partial charge >= 0.3 is 5.97 Å². The quantitative estimate of drug-likeness (QED) is 0.251. The Bertz CT molecular complexity index is 1210. The molecular weight excluding hydrogens is 428 g/mol. The molecule has 7 N–H and O–H groups in total. The van der Waals surface area contributed by atoms with Gasteiger partial charge in [-0.2, -0.15) is 0 Å². The van der Waals surface area contributed by atoms with Crippen molar-refractivity contribution < 1.29 is 9.90 Å². The number of hydrogen-bond acceptors (Lipinski definition) is 5.